The van der Waals surface area contributed by atoms with Gasteiger partial charge in [0.2, 0.25) is 0 Å². The van der Waals surface area contributed by atoms with Gasteiger partial charge in [-0.05, 0) is 36.8 Å². The zero-order chi connectivity index (χ0) is 13.8. The lowest BCUT2D eigenvalue weighted by Crippen LogP contribution is -2.01. The van der Waals surface area contributed by atoms with E-state index in [1.54, 1.807) is 13.2 Å². The summed E-state index contributed by atoms with van der Waals surface area (Å²) >= 11 is 6.10. The largest absolute Gasteiger partial charge is 0.493 e. The molecule has 2 aromatic rings. The highest BCUT2D eigenvalue weighted by Crippen LogP contribution is 2.35. The second-order valence-electron chi connectivity index (χ2n) is 4.18. The number of aryl methyl sites for hydroxylation is 1. The molecular weight excluding hydrogens is 262 g/mol. The number of ether oxygens (including phenoxy) is 2. The fraction of sp³-hybridized carbons (Fsp3) is 0.200. The van der Waals surface area contributed by atoms with Crippen molar-refractivity contribution < 1.29 is 9.47 Å². The minimum atomic E-state index is 0.323. The van der Waals surface area contributed by atoms with E-state index in [1.165, 1.54) is 0 Å². The molecule has 2 N–H and O–H groups in total. The lowest BCUT2D eigenvalue weighted by Gasteiger charge is -2.14. The average molecular weight is 278 g/mol. The van der Waals surface area contributed by atoms with Gasteiger partial charge < -0.3 is 15.2 Å². The quantitative estimate of drug-likeness (QED) is 0.921. The molecule has 0 amide bonds. The number of rotatable bonds is 4. The summed E-state index contributed by atoms with van der Waals surface area (Å²) in [5.41, 5.74) is 7.59. The molecule has 0 atom stereocenters. The number of halogens is 1. The third-order valence-corrected chi connectivity index (χ3v) is 3.17. The van der Waals surface area contributed by atoms with E-state index in [9.17, 15) is 0 Å². The van der Waals surface area contributed by atoms with Gasteiger partial charge in [-0.1, -0.05) is 23.7 Å². The molecule has 0 radical (unpaired) electrons. The monoisotopic (exact) mass is 277 g/mol. The van der Waals surface area contributed by atoms with E-state index >= 15 is 0 Å². The molecule has 0 spiro atoms. The van der Waals surface area contributed by atoms with E-state index in [-0.39, 0.29) is 0 Å². The molecule has 0 fully saturated rings. The summed E-state index contributed by atoms with van der Waals surface area (Å²) in [4.78, 5) is 0. The summed E-state index contributed by atoms with van der Waals surface area (Å²) < 4.78 is 11.2. The average Bonchev–Trinajstić information content (AvgIpc) is 2.41. The first kappa shape index (κ1) is 13.7. The summed E-state index contributed by atoms with van der Waals surface area (Å²) in [5, 5.41) is 0.603. The normalized spacial score (nSPS) is 10.3. The van der Waals surface area contributed by atoms with E-state index in [1.807, 2.05) is 37.3 Å². The van der Waals surface area contributed by atoms with Crippen LogP contribution >= 0.6 is 11.6 Å². The van der Waals surface area contributed by atoms with Crippen molar-refractivity contribution >= 4 is 11.6 Å². The van der Waals surface area contributed by atoms with Gasteiger partial charge in [0.25, 0.3) is 0 Å². The summed E-state index contributed by atoms with van der Waals surface area (Å²) in [5.74, 6) is 1.98. The van der Waals surface area contributed by atoms with Crippen LogP contribution in [0.15, 0.2) is 36.4 Å². The lowest BCUT2D eigenvalue weighted by atomic mass is 10.2. The van der Waals surface area contributed by atoms with Gasteiger partial charge in [-0.3, -0.25) is 0 Å². The second-order valence-corrected chi connectivity index (χ2v) is 4.58. The van der Waals surface area contributed by atoms with E-state index < -0.39 is 0 Å². The van der Waals surface area contributed by atoms with Crippen molar-refractivity contribution in [1.82, 2.24) is 0 Å². The molecule has 0 saturated carbocycles. The maximum absolute atomic E-state index is 6.10. The predicted molar refractivity (Wildman–Crippen MR) is 77.1 cm³/mol. The van der Waals surface area contributed by atoms with Crippen LogP contribution in [0, 0.1) is 6.92 Å². The van der Waals surface area contributed by atoms with Crippen molar-refractivity contribution in [3.8, 4) is 17.2 Å². The van der Waals surface area contributed by atoms with Crippen LogP contribution < -0.4 is 15.2 Å². The maximum atomic E-state index is 6.10. The smallest absolute Gasteiger partial charge is 0.169 e. The molecule has 19 heavy (non-hydrogen) atoms. The van der Waals surface area contributed by atoms with Gasteiger partial charge in [0.05, 0.1) is 7.11 Å². The first-order valence-electron chi connectivity index (χ1n) is 5.95. The van der Waals surface area contributed by atoms with Crippen molar-refractivity contribution in [1.29, 1.82) is 0 Å². The molecule has 100 valence electrons. The van der Waals surface area contributed by atoms with Gasteiger partial charge in [0, 0.05) is 17.1 Å². The van der Waals surface area contributed by atoms with Crippen molar-refractivity contribution in [3.05, 3.63) is 52.5 Å². The highest BCUT2D eigenvalue weighted by Gasteiger charge is 2.10. The minimum absolute atomic E-state index is 0.323. The van der Waals surface area contributed by atoms with Crippen LogP contribution in [0.5, 0.6) is 17.2 Å². The molecule has 0 saturated heterocycles. The molecule has 3 nitrogen and oxygen atoms in total. The van der Waals surface area contributed by atoms with Gasteiger partial charge in [-0.2, -0.15) is 0 Å². The number of methoxy groups -OCH3 is 1. The van der Waals surface area contributed by atoms with Crippen molar-refractivity contribution in [2.45, 2.75) is 13.5 Å². The molecule has 0 unspecified atom stereocenters. The number of hydrogen-bond donors (Lipinski definition) is 1. The Bertz CT molecular complexity index is 584. The van der Waals surface area contributed by atoms with Gasteiger partial charge in [-0.25, -0.2) is 0 Å². The number of nitrogens with two attached hydrogens (primary N) is 1. The zero-order valence-electron chi connectivity index (χ0n) is 10.9. The number of benzene rings is 2. The van der Waals surface area contributed by atoms with Gasteiger partial charge in [0.15, 0.2) is 11.5 Å². The van der Waals surface area contributed by atoms with Crippen LogP contribution in [0.4, 0.5) is 0 Å². The first-order valence-corrected chi connectivity index (χ1v) is 6.33. The van der Waals surface area contributed by atoms with Crippen molar-refractivity contribution in [2.24, 2.45) is 5.73 Å². The molecule has 2 aromatic carbocycles. The van der Waals surface area contributed by atoms with Crippen LogP contribution in [0.25, 0.3) is 0 Å². The first-order chi connectivity index (χ1) is 9.15. The van der Waals surface area contributed by atoms with Crippen LogP contribution in [0.2, 0.25) is 5.02 Å². The van der Waals surface area contributed by atoms with E-state index in [0.29, 0.717) is 28.8 Å². The fourth-order valence-corrected chi connectivity index (χ4v) is 2.05. The third kappa shape index (κ3) is 3.00. The Morgan fingerprint density at radius 3 is 2.58 bits per heavy atom. The van der Waals surface area contributed by atoms with E-state index in [0.717, 1.165) is 11.1 Å². The molecule has 0 aliphatic rings. The third-order valence-electron chi connectivity index (χ3n) is 2.82. The highest BCUT2D eigenvalue weighted by molar-refractivity contribution is 6.31. The Hall–Kier alpha value is -1.71. The van der Waals surface area contributed by atoms with E-state index in [4.69, 9.17) is 26.8 Å². The summed E-state index contributed by atoms with van der Waals surface area (Å²) in [6.45, 7) is 2.32. The highest BCUT2D eigenvalue weighted by atomic mass is 35.5. The molecule has 4 heteroatoms. The lowest BCUT2D eigenvalue weighted by molar-refractivity contribution is 0.377. The Kier molecular flexibility index (Phi) is 4.30. The minimum Gasteiger partial charge on any atom is -0.493 e. The van der Waals surface area contributed by atoms with Gasteiger partial charge in [-0.15, -0.1) is 0 Å². The Labute approximate surface area is 117 Å². The molecular formula is C15H16ClNO2. The molecule has 0 heterocycles. The Balaban J connectivity index is 2.39. The maximum Gasteiger partial charge on any atom is 0.169 e. The van der Waals surface area contributed by atoms with Gasteiger partial charge >= 0.3 is 0 Å². The van der Waals surface area contributed by atoms with Crippen LogP contribution in [-0.2, 0) is 6.54 Å². The second kappa shape index (κ2) is 5.95. The van der Waals surface area contributed by atoms with Crippen LogP contribution in [0.3, 0.4) is 0 Å². The number of hydrogen-bond acceptors (Lipinski definition) is 3. The van der Waals surface area contributed by atoms with Gasteiger partial charge in [0.1, 0.15) is 5.75 Å². The predicted octanol–water partition coefficient (Wildman–Crippen LogP) is 3.91. The van der Waals surface area contributed by atoms with Crippen molar-refractivity contribution in [3.63, 3.8) is 0 Å². The topological polar surface area (TPSA) is 44.5 Å². The standard InChI is InChI=1S/C15H16ClNO2/c1-10-6-7-14(15(8-10)18-2)19-13-5-3-4-12(16)11(13)9-17/h3-8H,9,17H2,1-2H3. The zero-order valence-corrected chi connectivity index (χ0v) is 11.7. The summed E-state index contributed by atoms with van der Waals surface area (Å²) in [6.07, 6.45) is 0. The van der Waals surface area contributed by atoms with Crippen LogP contribution in [-0.4, -0.2) is 7.11 Å². The molecule has 2 rings (SSSR count). The molecule has 0 bridgehead atoms. The molecule has 0 aromatic heterocycles. The fourth-order valence-electron chi connectivity index (χ4n) is 1.81. The Morgan fingerprint density at radius 1 is 1.11 bits per heavy atom. The molecule has 0 aliphatic carbocycles. The molecule has 0 aliphatic heterocycles. The summed E-state index contributed by atoms with van der Waals surface area (Å²) in [7, 11) is 1.61. The van der Waals surface area contributed by atoms with Crippen molar-refractivity contribution in [2.75, 3.05) is 7.11 Å². The Morgan fingerprint density at radius 2 is 1.89 bits per heavy atom. The van der Waals surface area contributed by atoms with E-state index in [2.05, 4.69) is 0 Å². The summed E-state index contributed by atoms with van der Waals surface area (Å²) in [6, 6.07) is 11.2. The van der Waals surface area contributed by atoms with Crippen LogP contribution in [0.1, 0.15) is 11.1 Å². The SMILES string of the molecule is COc1cc(C)ccc1Oc1cccc(Cl)c1CN.